The van der Waals surface area contributed by atoms with Crippen LogP contribution in [0.2, 0.25) is 0 Å². The first-order valence-corrected chi connectivity index (χ1v) is 3.47. The monoisotopic (exact) mass is 144 g/mol. The molecule has 5 atom stereocenters. The lowest BCUT2D eigenvalue weighted by Crippen LogP contribution is -2.39. The molecule has 0 aromatic heterocycles. The van der Waals surface area contributed by atoms with E-state index in [1.54, 1.807) is 0 Å². The van der Waals surface area contributed by atoms with E-state index in [4.69, 9.17) is 14.2 Å². The molecule has 10 heavy (non-hydrogen) atoms. The van der Waals surface area contributed by atoms with E-state index in [-0.39, 0.29) is 18.3 Å². The third-order valence-corrected chi connectivity index (χ3v) is 2.28. The number of hydrogen-bond acceptors (Lipinski definition) is 4. The van der Waals surface area contributed by atoms with E-state index in [2.05, 4.69) is 0 Å². The second-order valence-electron chi connectivity index (χ2n) is 2.93. The van der Waals surface area contributed by atoms with Crippen LogP contribution in [0.4, 0.5) is 0 Å². The molecule has 0 aliphatic carbocycles. The smallest absolute Gasteiger partial charge is 0.186 e. The molecule has 3 fully saturated rings. The van der Waals surface area contributed by atoms with Crippen molar-refractivity contribution in [3.05, 3.63) is 0 Å². The number of hydrogen-bond donors (Lipinski definition) is 1. The van der Waals surface area contributed by atoms with E-state index in [1.807, 2.05) is 0 Å². The lowest BCUT2D eigenvalue weighted by atomic mass is 10.1. The van der Waals surface area contributed by atoms with Crippen molar-refractivity contribution >= 4 is 0 Å². The first kappa shape index (κ1) is 5.49. The lowest BCUT2D eigenvalue weighted by molar-refractivity contribution is -0.143. The molecule has 3 aliphatic rings. The number of ether oxygens (including phenoxy) is 3. The molecule has 3 saturated heterocycles. The zero-order chi connectivity index (χ0) is 6.72. The summed E-state index contributed by atoms with van der Waals surface area (Å²) < 4.78 is 15.6. The molecular formula is C6H8O4. The van der Waals surface area contributed by atoms with Crippen LogP contribution in [0.15, 0.2) is 0 Å². The van der Waals surface area contributed by atoms with E-state index in [0.717, 1.165) is 0 Å². The predicted octanol–water partition coefficient (Wildman–Crippen LogP) is -1.13. The third kappa shape index (κ3) is 0.509. The highest BCUT2D eigenvalue weighted by molar-refractivity contribution is 5.03. The van der Waals surface area contributed by atoms with Gasteiger partial charge in [0, 0.05) is 0 Å². The van der Waals surface area contributed by atoms with Gasteiger partial charge in [0.25, 0.3) is 0 Å². The Balaban J connectivity index is 1.91. The summed E-state index contributed by atoms with van der Waals surface area (Å²) in [6.45, 7) is 0.572. The summed E-state index contributed by atoms with van der Waals surface area (Å²) in [5, 5.41) is 9.33. The van der Waals surface area contributed by atoms with Gasteiger partial charge in [-0.2, -0.15) is 0 Å². The van der Waals surface area contributed by atoms with Crippen LogP contribution in [-0.2, 0) is 14.2 Å². The second-order valence-corrected chi connectivity index (χ2v) is 2.93. The van der Waals surface area contributed by atoms with Gasteiger partial charge in [-0.15, -0.1) is 0 Å². The summed E-state index contributed by atoms with van der Waals surface area (Å²) >= 11 is 0. The highest BCUT2D eigenvalue weighted by Crippen LogP contribution is 2.41. The quantitative estimate of drug-likeness (QED) is 0.437. The molecule has 0 amide bonds. The minimum absolute atomic E-state index is 0.00810. The average Bonchev–Trinajstić information content (AvgIpc) is 2.61. The maximum atomic E-state index is 9.33. The first-order valence-electron chi connectivity index (χ1n) is 3.47. The van der Waals surface area contributed by atoms with Crippen LogP contribution in [0, 0.1) is 0 Å². The van der Waals surface area contributed by atoms with Crippen molar-refractivity contribution in [3.63, 3.8) is 0 Å². The van der Waals surface area contributed by atoms with Crippen molar-refractivity contribution < 1.29 is 19.3 Å². The summed E-state index contributed by atoms with van der Waals surface area (Å²) in [5.74, 6) is 0. The summed E-state index contributed by atoms with van der Waals surface area (Å²) in [7, 11) is 0. The molecule has 2 bridgehead atoms. The number of epoxide rings is 1. The average molecular weight is 144 g/mol. The Bertz CT molecular complexity index is 169. The molecule has 1 N–H and O–H groups in total. The van der Waals surface area contributed by atoms with E-state index < -0.39 is 12.4 Å². The normalized spacial score (nSPS) is 63.9. The Kier molecular flexibility index (Phi) is 0.840. The van der Waals surface area contributed by atoms with E-state index >= 15 is 0 Å². The van der Waals surface area contributed by atoms with Crippen molar-refractivity contribution in [1.29, 1.82) is 0 Å². The highest BCUT2D eigenvalue weighted by atomic mass is 16.8. The van der Waals surface area contributed by atoms with Crippen molar-refractivity contribution in [2.75, 3.05) is 6.61 Å². The largest absolute Gasteiger partial charge is 0.385 e. The summed E-state index contributed by atoms with van der Waals surface area (Å²) in [6, 6.07) is 0. The maximum Gasteiger partial charge on any atom is 0.186 e. The van der Waals surface area contributed by atoms with Gasteiger partial charge in [-0.1, -0.05) is 0 Å². The van der Waals surface area contributed by atoms with Crippen LogP contribution in [0.5, 0.6) is 0 Å². The molecule has 0 aromatic carbocycles. The number of fused-ring (bicyclic) bond motifs is 4. The molecule has 4 heteroatoms. The summed E-state index contributed by atoms with van der Waals surface area (Å²) in [5.41, 5.74) is 0. The fourth-order valence-electron chi connectivity index (χ4n) is 1.66. The van der Waals surface area contributed by atoms with Crippen molar-refractivity contribution in [3.8, 4) is 0 Å². The molecule has 56 valence electrons. The molecule has 0 aromatic rings. The van der Waals surface area contributed by atoms with Crippen LogP contribution >= 0.6 is 0 Å². The Morgan fingerprint density at radius 1 is 1.20 bits per heavy atom. The molecule has 3 heterocycles. The van der Waals surface area contributed by atoms with Gasteiger partial charge in [0.15, 0.2) is 6.29 Å². The Morgan fingerprint density at radius 3 is 3.00 bits per heavy atom. The van der Waals surface area contributed by atoms with Gasteiger partial charge in [-0.25, -0.2) is 0 Å². The van der Waals surface area contributed by atoms with E-state index in [0.29, 0.717) is 6.61 Å². The van der Waals surface area contributed by atoms with Crippen LogP contribution in [0.25, 0.3) is 0 Å². The van der Waals surface area contributed by atoms with E-state index in [1.165, 1.54) is 0 Å². The van der Waals surface area contributed by atoms with Gasteiger partial charge >= 0.3 is 0 Å². The van der Waals surface area contributed by atoms with Crippen LogP contribution < -0.4 is 0 Å². The van der Waals surface area contributed by atoms with Gasteiger partial charge in [0.2, 0.25) is 0 Å². The third-order valence-electron chi connectivity index (χ3n) is 2.28. The van der Waals surface area contributed by atoms with Crippen LogP contribution in [0.1, 0.15) is 0 Å². The molecular weight excluding hydrogens is 136 g/mol. The van der Waals surface area contributed by atoms with Gasteiger partial charge in [0.1, 0.15) is 24.4 Å². The molecule has 0 spiro atoms. The minimum Gasteiger partial charge on any atom is -0.385 e. The van der Waals surface area contributed by atoms with E-state index in [9.17, 15) is 5.11 Å². The van der Waals surface area contributed by atoms with Gasteiger partial charge < -0.3 is 19.3 Å². The standard InChI is InChI=1S/C6H8O4/c7-3-5-4(10-5)2-1-8-6(3)9-2/h2-7H,1H2/t2-,3+,4-,5-,6-/m1/s1. The van der Waals surface area contributed by atoms with Crippen LogP contribution in [0.3, 0.4) is 0 Å². The van der Waals surface area contributed by atoms with Crippen molar-refractivity contribution in [1.82, 2.24) is 0 Å². The number of rotatable bonds is 0. The first-order chi connectivity index (χ1) is 4.86. The van der Waals surface area contributed by atoms with Gasteiger partial charge in [-0.05, 0) is 0 Å². The zero-order valence-electron chi connectivity index (χ0n) is 5.27. The Hall–Kier alpha value is -0.160. The number of aliphatic hydroxyl groups is 1. The second kappa shape index (κ2) is 1.53. The van der Waals surface area contributed by atoms with Gasteiger partial charge in [-0.3, -0.25) is 0 Å². The fraction of sp³-hybridized carbons (Fsp3) is 1.00. The van der Waals surface area contributed by atoms with Gasteiger partial charge in [0.05, 0.1) is 6.61 Å². The fourth-order valence-corrected chi connectivity index (χ4v) is 1.66. The Morgan fingerprint density at radius 2 is 2.10 bits per heavy atom. The number of aliphatic hydroxyl groups excluding tert-OH is 1. The lowest BCUT2D eigenvalue weighted by Gasteiger charge is -2.18. The zero-order valence-corrected chi connectivity index (χ0v) is 5.27. The SMILES string of the molecule is O[C@@H]1[C@@H]2OC[C@@H](O2)[C@H]2O[C@H]12. The highest BCUT2D eigenvalue weighted by Gasteiger charge is 2.60. The summed E-state index contributed by atoms with van der Waals surface area (Å²) in [6.07, 6.45) is -0.809. The predicted molar refractivity (Wildman–Crippen MR) is 29.3 cm³/mol. The molecule has 4 nitrogen and oxygen atoms in total. The topological polar surface area (TPSA) is 51.2 Å². The maximum absolute atomic E-state index is 9.33. The molecule has 3 rings (SSSR count). The minimum atomic E-state index is -0.566. The molecule has 0 unspecified atom stereocenters. The molecule has 0 saturated carbocycles. The Labute approximate surface area is 57.7 Å². The molecule has 3 aliphatic heterocycles. The van der Waals surface area contributed by atoms with Crippen molar-refractivity contribution in [2.45, 2.75) is 30.7 Å². The summed E-state index contributed by atoms with van der Waals surface area (Å²) in [4.78, 5) is 0. The molecule has 0 radical (unpaired) electrons. The van der Waals surface area contributed by atoms with Crippen LogP contribution in [-0.4, -0.2) is 42.4 Å². The van der Waals surface area contributed by atoms with Crippen molar-refractivity contribution in [2.24, 2.45) is 0 Å².